The zero-order valence-electron chi connectivity index (χ0n) is 9.68. The number of hydrogen-bond acceptors (Lipinski definition) is 0. The largest absolute Gasteiger partial charge is 0.699 e. The molecule has 0 heterocycles. The maximum Gasteiger partial charge on any atom is 0.416 e. The molecule has 2 aromatic carbocycles. The first-order chi connectivity index (χ1) is 8.38. The Morgan fingerprint density at radius 1 is 0.889 bits per heavy atom. The molecule has 0 aliphatic carbocycles. The third-order valence-electron chi connectivity index (χ3n) is 2.75. The van der Waals surface area contributed by atoms with Gasteiger partial charge in [0.2, 0.25) is 0 Å². The second-order valence-corrected chi connectivity index (χ2v) is 4.10. The predicted octanol–water partition coefficient (Wildman–Crippen LogP) is 5.36. The van der Waals surface area contributed by atoms with Gasteiger partial charge in [-0.05, 0) is 29.7 Å². The van der Waals surface area contributed by atoms with Crippen LogP contribution < -0.4 is 0 Å². The summed E-state index contributed by atoms with van der Waals surface area (Å²) in [5.41, 5.74) is 8.87. The van der Waals surface area contributed by atoms with E-state index in [4.69, 9.17) is 5.73 Å². The predicted molar refractivity (Wildman–Crippen MR) is 65.6 cm³/mol. The van der Waals surface area contributed by atoms with E-state index in [1.54, 1.807) is 24.3 Å². The maximum absolute atomic E-state index is 12.6. The molecule has 18 heavy (non-hydrogen) atoms. The van der Waals surface area contributed by atoms with Crippen molar-refractivity contribution in [3.63, 3.8) is 0 Å². The average molecular weight is 250 g/mol. The quantitative estimate of drug-likeness (QED) is 0.650. The molecule has 0 aromatic heterocycles. The Morgan fingerprint density at radius 2 is 1.44 bits per heavy atom. The van der Waals surface area contributed by atoms with Crippen molar-refractivity contribution in [1.82, 2.24) is 0 Å². The van der Waals surface area contributed by atoms with Gasteiger partial charge in [-0.15, -0.1) is 5.69 Å². The fraction of sp³-hybridized carbons (Fsp3) is 0.143. The van der Waals surface area contributed by atoms with Crippen LogP contribution in [0.3, 0.4) is 0 Å². The van der Waals surface area contributed by atoms with Crippen molar-refractivity contribution in [2.45, 2.75) is 13.1 Å². The van der Waals surface area contributed by atoms with Gasteiger partial charge in [0, 0.05) is 0 Å². The SMILES string of the molecule is Cc1cc(-c2ccc([NH-])cc2)ccc1C(F)(F)F. The minimum atomic E-state index is -4.31. The molecule has 0 atom stereocenters. The van der Waals surface area contributed by atoms with Crippen LogP contribution in [0, 0.1) is 6.92 Å². The van der Waals surface area contributed by atoms with Crippen LogP contribution in [0.1, 0.15) is 11.1 Å². The standard InChI is InChI=1S/C14H11F3N/c1-9-8-11(4-7-13(9)14(15,16)17)10-2-5-12(18)6-3-10/h2-8,18H,1H3/q-1. The van der Waals surface area contributed by atoms with Crippen LogP contribution in [0.4, 0.5) is 18.9 Å². The molecular weight excluding hydrogens is 239 g/mol. The van der Waals surface area contributed by atoms with Crippen LogP contribution in [-0.4, -0.2) is 0 Å². The number of aryl methyl sites for hydroxylation is 1. The topological polar surface area (TPSA) is 23.8 Å². The lowest BCUT2D eigenvalue weighted by atomic mass is 9.99. The number of halogens is 3. The highest BCUT2D eigenvalue weighted by Crippen LogP contribution is 2.34. The Hall–Kier alpha value is -1.97. The van der Waals surface area contributed by atoms with E-state index < -0.39 is 11.7 Å². The zero-order valence-corrected chi connectivity index (χ0v) is 9.68. The summed E-state index contributed by atoms with van der Waals surface area (Å²) in [5, 5.41) is 0. The van der Waals surface area contributed by atoms with Crippen molar-refractivity contribution in [3.05, 3.63) is 59.3 Å². The highest BCUT2D eigenvalue weighted by molar-refractivity contribution is 5.67. The molecule has 0 bridgehead atoms. The van der Waals surface area contributed by atoms with E-state index in [1.807, 2.05) is 0 Å². The highest BCUT2D eigenvalue weighted by Gasteiger charge is 2.32. The smallest absolute Gasteiger partial charge is 0.416 e. The summed E-state index contributed by atoms with van der Waals surface area (Å²) >= 11 is 0. The van der Waals surface area contributed by atoms with Crippen LogP contribution in [0.25, 0.3) is 16.9 Å². The summed E-state index contributed by atoms with van der Waals surface area (Å²) in [4.78, 5) is 0. The molecular formula is C14H11F3N-. The van der Waals surface area contributed by atoms with Crippen molar-refractivity contribution in [3.8, 4) is 11.1 Å². The van der Waals surface area contributed by atoms with Crippen LogP contribution in [0.2, 0.25) is 0 Å². The van der Waals surface area contributed by atoms with Crippen molar-refractivity contribution in [1.29, 1.82) is 0 Å². The molecule has 0 fully saturated rings. The fourth-order valence-electron chi connectivity index (χ4n) is 1.82. The first kappa shape index (κ1) is 12.5. The van der Waals surface area contributed by atoms with Crippen molar-refractivity contribution in [2.75, 3.05) is 0 Å². The van der Waals surface area contributed by atoms with E-state index in [-0.39, 0.29) is 5.56 Å². The summed E-state index contributed by atoms with van der Waals surface area (Å²) in [7, 11) is 0. The molecule has 0 saturated heterocycles. The molecule has 4 heteroatoms. The number of rotatable bonds is 1. The van der Waals surface area contributed by atoms with Gasteiger partial charge in [-0.1, -0.05) is 36.4 Å². The third-order valence-corrected chi connectivity index (χ3v) is 2.75. The number of hydrogen-bond donors (Lipinski definition) is 0. The molecule has 1 nitrogen and oxygen atoms in total. The summed E-state index contributed by atoms with van der Waals surface area (Å²) in [6.45, 7) is 1.45. The summed E-state index contributed by atoms with van der Waals surface area (Å²) in [6, 6.07) is 10.7. The van der Waals surface area contributed by atoms with Crippen molar-refractivity contribution >= 4 is 5.69 Å². The second kappa shape index (κ2) is 4.37. The maximum atomic E-state index is 12.6. The summed E-state index contributed by atoms with van der Waals surface area (Å²) in [6.07, 6.45) is -4.31. The first-order valence-corrected chi connectivity index (χ1v) is 5.38. The van der Waals surface area contributed by atoms with E-state index >= 15 is 0 Å². The number of benzene rings is 2. The molecule has 94 valence electrons. The zero-order chi connectivity index (χ0) is 13.3. The van der Waals surface area contributed by atoms with Crippen LogP contribution in [0.15, 0.2) is 42.5 Å². The van der Waals surface area contributed by atoms with E-state index in [9.17, 15) is 13.2 Å². The van der Waals surface area contributed by atoms with E-state index in [1.165, 1.54) is 19.1 Å². The Balaban J connectivity index is 2.43. The van der Waals surface area contributed by atoms with Crippen molar-refractivity contribution in [2.24, 2.45) is 0 Å². The van der Waals surface area contributed by atoms with Gasteiger partial charge in [-0.25, -0.2) is 0 Å². The number of alkyl halides is 3. The van der Waals surface area contributed by atoms with Gasteiger partial charge in [0.1, 0.15) is 0 Å². The molecule has 0 aliphatic heterocycles. The van der Waals surface area contributed by atoms with E-state index in [0.717, 1.165) is 17.2 Å². The monoisotopic (exact) mass is 250 g/mol. The fourth-order valence-corrected chi connectivity index (χ4v) is 1.82. The molecule has 0 radical (unpaired) electrons. The summed E-state index contributed by atoms with van der Waals surface area (Å²) in [5.74, 6) is 0. The third kappa shape index (κ3) is 2.47. The minimum Gasteiger partial charge on any atom is -0.699 e. The Morgan fingerprint density at radius 3 is 1.94 bits per heavy atom. The van der Waals surface area contributed by atoms with E-state index in [0.29, 0.717) is 5.69 Å². The molecule has 2 rings (SSSR count). The summed E-state index contributed by atoms with van der Waals surface area (Å²) < 4.78 is 37.8. The molecule has 0 spiro atoms. The first-order valence-electron chi connectivity index (χ1n) is 5.38. The average Bonchev–Trinajstić information content (AvgIpc) is 2.28. The number of nitrogens with one attached hydrogen (secondary N) is 1. The highest BCUT2D eigenvalue weighted by atomic mass is 19.4. The Bertz CT molecular complexity index is 556. The van der Waals surface area contributed by atoms with Gasteiger partial charge < -0.3 is 5.73 Å². The van der Waals surface area contributed by atoms with Gasteiger partial charge in [0.05, 0.1) is 5.56 Å². The van der Waals surface area contributed by atoms with Gasteiger partial charge in [0.15, 0.2) is 0 Å². The molecule has 1 N–H and O–H groups in total. The normalized spacial score (nSPS) is 11.6. The molecule has 0 aliphatic rings. The van der Waals surface area contributed by atoms with Crippen LogP contribution in [-0.2, 0) is 6.18 Å². The van der Waals surface area contributed by atoms with Gasteiger partial charge >= 0.3 is 6.18 Å². The van der Waals surface area contributed by atoms with Gasteiger partial charge in [-0.2, -0.15) is 13.2 Å². The van der Waals surface area contributed by atoms with Crippen LogP contribution >= 0.6 is 0 Å². The lowest BCUT2D eigenvalue weighted by Crippen LogP contribution is -2.07. The Kier molecular flexibility index (Phi) is 3.03. The minimum absolute atomic E-state index is 0.204. The van der Waals surface area contributed by atoms with E-state index in [2.05, 4.69) is 0 Å². The second-order valence-electron chi connectivity index (χ2n) is 4.10. The van der Waals surface area contributed by atoms with Crippen molar-refractivity contribution < 1.29 is 13.2 Å². The lowest BCUT2D eigenvalue weighted by molar-refractivity contribution is -0.138. The van der Waals surface area contributed by atoms with Gasteiger partial charge in [-0.3, -0.25) is 0 Å². The van der Waals surface area contributed by atoms with Gasteiger partial charge in [0.25, 0.3) is 0 Å². The molecule has 0 unspecified atom stereocenters. The molecule has 0 saturated carbocycles. The lowest BCUT2D eigenvalue weighted by Gasteiger charge is -2.12. The molecule has 0 amide bonds. The Labute approximate surface area is 103 Å². The molecule has 2 aromatic rings. The van der Waals surface area contributed by atoms with Crippen LogP contribution in [0.5, 0.6) is 0 Å².